The fourth-order valence-electron chi connectivity index (χ4n) is 3.39. The number of carbonyl (C=O) groups excluding carboxylic acids is 1. The van der Waals surface area contributed by atoms with Gasteiger partial charge in [0, 0.05) is 18.7 Å². The van der Waals surface area contributed by atoms with Gasteiger partial charge >= 0.3 is 0 Å². The summed E-state index contributed by atoms with van der Waals surface area (Å²) < 4.78 is 36.0. The molecule has 0 saturated carbocycles. The fraction of sp³-hybridized carbons (Fsp3) is 0.650. The van der Waals surface area contributed by atoms with E-state index >= 15 is 0 Å². The average molecular weight is 398 g/mol. The first-order valence-corrected chi connectivity index (χ1v) is 11.4. The number of ether oxygens (including phenoxy) is 2. The minimum Gasteiger partial charge on any atom is -0.490 e. The van der Waals surface area contributed by atoms with Crippen molar-refractivity contribution in [3.05, 3.63) is 23.8 Å². The average Bonchev–Trinajstić information content (AvgIpc) is 2.62. The van der Waals surface area contributed by atoms with Gasteiger partial charge in [0.1, 0.15) is 0 Å². The zero-order valence-corrected chi connectivity index (χ0v) is 17.5. The van der Waals surface area contributed by atoms with Gasteiger partial charge in [-0.1, -0.05) is 13.8 Å². The first kappa shape index (κ1) is 21.5. The van der Waals surface area contributed by atoms with Crippen molar-refractivity contribution in [2.75, 3.05) is 32.1 Å². The van der Waals surface area contributed by atoms with Crippen LogP contribution >= 0.6 is 0 Å². The molecule has 1 heterocycles. The second-order valence-electron chi connectivity index (χ2n) is 7.24. The van der Waals surface area contributed by atoms with Crippen LogP contribution in [0.3, 0.4) is 0 Å². The summed E-state index contributed by atoms with van der Waals surface area (Å²) in [6, 6.07) is 5.19. The zero-order valence-electron chi connectivity index (χ0n) is 16.7. The largest absolute Gasteiger partial charge is 0.490 e. The molecule has 6 nitrogen and oxygen atoms in total. The number of piperidine rings is 1. The summed E-state index contributed by atoms with van der Waals surface area (Å²) in [5.41, 5.74) is 0.533. The third-order valence-corrected chi connectivity index (χ3v) is 7.21. The second kappa shape index (κ2) is 9.44. The Kier molecular flexibility index (Phi) is 7.53. The number of likely N-dealkylation sites (tertiary alicyclic amines) is 1. The Morgan fingerprint density at radius 3 is 2.26 bits per heavy atom. The van der Waals surface area contributed by atoms with E-state index < -0.39 is 9.84 Å². The molecule has 1 amide bonds. The van der Waals surface area contributed by atoms with Crippen LogP contribution in [-0.4, -0.2) is 56.5 Å². The molecular weight excluding hydrogens is 366 g/mol. The number of amides is 1. The molecule has 0 radical (unpaired) electrons. The van der Waals surface area contributed by atoms with Gasteiger partial charge in [-0.25, -0.2) is 8.42 Å². The van der Waals surface area contributed by atoms with Crippen molar-refractivity contribution in [1.29, 1.82) is 0 Å². The van der Waals surface area contributed by atoms with Crippen LogP contribution in [0.15, 0.2) is 18.2 Å². The molecule has 0 unspecified atom stereocenters. The topological polar surface area (TPSA) is 72.9 Å². The molecule has 1 aromatic carbocycles. The molecule has 7 heteroatoms. The molecular formula is C20H31NO5S. The molecule has 1 aromatic rings. The summed E-state index contributed by atoms with van der Waals surface area (Å²) in [6.07, 6.45) is 0.992. The van der Waals surface area contributed by atoms with Crippen LogP contribution in [0.5, 0.6) is 11.5 Å². The summed E-state index contributed by atoms with van der Waals surface area (Å²) in [7, 11) is -3.10. The third kappa shape index (κ3) is 5.61. The summed E-state index contributed by atoms with van der Waals surface area (Å²) >= 11 is 0. The van der Waals surface area contributed by atoms with Gasteiger partial charge in [0.05, 0.1) is 24.2 Å². The van der Waals surface area contributed by atoms with Crippen molar-refractivity contribution < 1.29 is 22.7 Å². The molecule has 1 aliphatic rings. The summed E-state index contributed by atoms with van der Waals surface area (Å²) in [4.78, 5) is 14.6. The van der Waals surface area contributed by atoms with E-state index in [9.17, 15) is 13.2 Å². The number of carbonyl (C=O) groups is 1. The summed E-state index contributed by atoms with van der Waals surface area (Å²) in [5, 5.41) is -0.344. The SMILES string of the molecule is CCOc1ccc(C(=O)N2CCC(S(=O)(=O)CC(C)C)CC2)cc1OCC. The maximum absolute atomic E-state index is 12.8. The van der Waals surface area contributed by atoms with Gasteiger partial charge in [0.15, 0.2) is 21.3 Å². The van der Waals surface area contributed by atoms with Gasteiger partial charge in [-0.05, 0) is 50.8 Å². The minimum absolute atomic E-state index is 0.0984. The van der Waals surface area contributed by atoms with E-state index in [-0.39, 0.29) is 22.8 Å². The Labute approximate surface area is 162 Å². The summed E-state index contributed by atoms with van der Waals surface area (Å²) in [5.74, 6) is 1.41. The van der Waals surface area contributed by atoms with Crippen LogP contribution in [0.25, 0.3) is 0 Å². The van der Waals surface area contributed by atoms with Gasteiger partial charge in [-0.2, -0.15) is 0 Å². The highest BCUT2D eigenvalue weighted by atomic mass is 32.2. The Morgan fingerprint density at radius 1 is 1.11 bits per heavy atom. The van der Waals surface area contributed by atoms with Crippen molar-refractivity contribution >= 4 is 15.7 Å². The maximum Gasteiger partial charge on any atom is 0.253 e. The van der Waals surface area contributed by atoms with Crippen LogP contribution in [0.1, 0.15) is 50.9 Å². The van der Waals surface area contributed by atoms with Gasteiger partial charge in [-0.3, -0.25) is 4.79 Å². The second-order valence-corrected chi connectivity index (χ2v) is 9.57. The molecule has 0 bridgehead atoms. The van der Waals surface area contributed by atoms with Crippen molar-refractivity contribution in [1.82, 2.24) is 4.90 Å². The van der Waals surface area contributed by atoms with Crippen molar-refractivity contribution in [3.8, 4) is 11.5 Å². The summed E-state index contributed by atoms with van der Waals surface area (Å²) in [6.45, 7) is 9.52. The zero-order chi connectivity index (χ0) is 20.0. The molecule has 0 spiro atoms. The van der Waals surface area contributed by atoms with Crippen LogP contribution in [0.2, 0.25) is 0 Å². The van der Waals surface area contributed by atoms with E-state index in [0.717, 1.165) is 0 Å². The van der Waals surface area contributed by atoms with E-state index in [2.05, 4.69) is 0 Å². The standard InChI is InChI=1S/C20H31NO5S/c1-5-25-18-8-7-16(13-19(18)26-6-2)20(22)21-11-9-17(10-12-21)27(23,24)14-15(3)4/h7-8,13,15,17H,5-6,9-12,14H2,1-4H3. The molecule has 0 N–H and O–H groups in total. The Morgan fingerprint density at radius 2 is 1.70 bits per heavy atom. The predicted molar refractivity (Wildman–Crippen MR) is 106 cm³/mol. The number of hydrogen-bond donors (Lipinski definition) is 0. The van der Waals surface area contributed by atoms with E-state index in [4.69, 9.17) is 9.47 Å². The molecule has 2 rings (SSSR count). The fourth-order valence-corrected chi connectivity index (χ4v) is 5.52. The van der Waals surface area contributed by atoms with Crippen molar-refractivity contribution in [2.45, 2.75) is 45.8 Å². The number of rotatable bonds is 8. The predicted octanol–water partition coefficient (Wildman–Crippen LogP) is 3.16. The van der Waals surface area contributed by atoms with Crippen LogP contribution in [0.4, 0.5) is 0 Å². The molecule has 1 fully saturated rings. The highest BCUT2D eigenvalue weighted by molar-refractivity contribution is 7.92. The van der Waals surface area contributed by atoms with E-state index in [0.29, 0.717) is 56.2 Å². The van der Waals surface area contributed by atoms with Crippen molar-refractivity contribution in [2.24, 2.45) is 5.92 Å². The van der Waals surface area contributed by atoms with Gasteiger partial charge in [0.25, 0.3) is 5.91 Å². The Balaban J connectivity index is 2.06. The van der Waals surface area contributed by atoms with E-state index in [1.54, 1.807) is 23.1 Å². The monoisotopic (exact) mass is 397 g/mol. The molecule has 1 aliphatic heterocycles. The van der Waals surface area contributed by atoms with E-state index in [1.807, 2.05) is 27.7 Å². The highest BCUT2D eigenvalue weighted by Crippen LogP contribution is 2.30. The van der Waals surface area contributed by atoms with Gasteiger partial charge in [-0.15, -0.1) is 0 Å². The lowest BCUT2D eigenvalue weighted by Crippen LogP contribution is -2.43. The minimum atomic E-state index is -3.10. The molecule has 1 saturated heterocycles. The number of nitrogens with zero attached hydrogens (tertiary/aromatic N) is 1. The molecule has 0 aliphatic carbocycles. The molecule has 27 heavy (non-hydrogen) atoms. The van der Waals surface area contributed by atoms with Crippen LogP contribution in [0, 0.1) is 5.92 Å². The van der Waals surface area contributed by atoms with Crippen molar-refractivity contribution in [3.63, 3.8) is 0 Å². The van der Waals surface area contributed by atoms with Gasteiger partial charge < -0.3 is 14.4 Å². The lowest BCUT2D eigenvalue weighted by molar-refractivity contribution is 0.0725. The number of sulfone groups is 1. The Hall–Kier alpha value is -1.76. The first-order valence-electron chi connectivity index (χ1n) is 9.69. The van der Waals surface area contributed by atoms with E-state index in [1.165, 1.54) is 0 Å². The number of hydrogen-bond acceptors (Lipinski definition) is 5. The quantitative estimate of drug-likeness (QED) is 0.674. The molecule has 0 aromatic heterocycles. The molecule has 0 atom stereocenters. The lowest BCUT2D eigenvalue weighted by Gasteiger charge is -2.32. The maximum atomic E-state index is 12.8. The Bertz CT molecular complexity index is 737. The smallest absolute Gasteiger partial charge is 0.253 e. The van der Waals surface area contributed by atoms with Crippen LogP contribution < -0.4 is 9.47 Å². The first-order chi connectivity index (χ1) is 12.8. The third-order valence-electron chi connectivity index (χ3n) is 4.59. The highest BCUT2D eigenvalue weighted by Gasteiger charge is 2.32. The normalized spacial score (nSPS) is 15.8. The lowest BCUT2D eigenvalue weighted by atomic mass is 10.1. The van der Waals surface area contributed by atoms with Gasteiger partial charge in [0.2, 0.25) is 0 Å². The molecule has 152 valence electrons. The van der Waals surface area contributed by atoms with Crippen LogP contribution in [-0.2, 0) is 9.84 Å². The number of benzene rings is 1.